The third-order valence-corrected chi connectivity index (χ3v) is 6.56. The first-order chi connectivity index (χ1) is 14.6. The number of nitro groups is 1. The monoisotopic (exact) mass is 451 g/mol. The van der Waals surface area contributed by atoms with Gasteiger partial charge in [-0.05, 0) is 36.8 Å². The molecule has 31 heavy (non-hydrogen) atoms. The molecule has 0 aliphatic carbocycles. The molecule has 0 bridgehead atoms. The first-order valence-corrected chi connectivity index (χ1v) is 10.9. The van der Waals surface area contributed by atoms with Gasteiger partial charge in [0.1, 0.15) is 11.5 Å². The Morgan fingerprint density at radius 1 is 1.13 bits per heavy atom. The summed E-state index contributed by atoms with van der Waals surface area (Å²) in [5, 5.41) is 13.4. The number of sulfonamides is 1. The minimum atomic E-state index is -3.72. The number of anilines is 1. The van der Waals surface area contributed by atoms with Crippen LogP contribution in [0.5, 0.6) is 11.5 Å². The van der Waals surface area contributed by atoms with Crippen molar-refractivity contribution in [1.82, 2.24) is 4.31 Å². The number of amides is 1. The molecule has 1 amide bonds. The smallest absolute Gasteiger partial charge is 0.269 e. The molecule has 2 aromatic rings. The highest BCUT2D eigenvalue weighted by molar-refractivity contribution is 7.89. The van der Waals surface area contributed by atoms with Gasteiger partial charge in [0.25, 0.3) is 11.6 Å². The van der Waals surface area contributed by atoms with Crippen LogP contribution in [0.4, 0.5) is 11.4 Å². The van der Waals surface area contributed by atoms with Gasteiger partial charge >= 0.3 is 0 Å². The highest BCUT2D eigenvalue weighted by atomic mass is 32.2. The number of methoxy groups -OCH3 is 1. The van der Waals surface area contributed by atoms with Crippen molar-refractivity contribution < 1.29 is 27.6 Å². The van der Waals surface area contributed by atoms with Gasteiger partial charge < -0.3 is 14.8 Å². The molecule has 0 aliphatic rings. The van der Waals surface area contributed by atoms with Gasteiger partial charge in [0, 0.05) is 25.2 Å². The van der Waals surface area contributed by atoms with Crippen molar-refractivity contribution in [1.29, 1.82) is 0 Å². The maximum atomic E-state index is 12.8. The number of nitrogens with zero attached hydrogens (tertiary/aromatic N) is 2. The third-order valence-electron chi connectivity index (χ3n) is 4.52. The summed E-state index contributed by atoms with van der Waals surface area (Å²) >= 11 is 0. The predicted octanol–water partition coefficient (Wildman–Crippen LogP) is 2.96. The molecule has 0 aromatic heterocycles. The second kappa shape index (κ2) is 10.2. The van der Waals surface area contributed by atoms with E-state index in [9.17, 15) is 23.3 Å². The zero-order chi connectivity index (χ0) is 23.2. The average molecular weight is 452 g/mol. The molecule has 0 atom stereocenters. The standard InChI is InChI=1S/C20H25N3O7S/c1-5-22(6-2)31(27,28)16-8-10-19(29-4)17(12-16)21-20(24)13-30-18-9-7-15(23(25)26)11-14(18)3/h7-12H,5-6,13H2,1-4H3,(H,21,24). The molecule has 0 heterocycles. The molecule has 168 valence electrons. The van der Waals surface area contributed by atoms with Crippen LogP contribution in [0.1, 0.15) is 19.4 Å². The number of ether oxygens (including phenoxy) is 2. The summed E-state index contributed by atoms with van der Waals surface area (Å²) in [6.07, 6.45) is 0. The van der Waals surface area contributed by atoms with Crippen molar-refractivity contribution in [2.24, 2.45) is 0 Å². The molecule has 11 heteroatoms. The van der Waals surface area contributed by atoms with Crippen LogP contribution < -0.4 is 14.8 Å². The van der Waals surface area contributed by atoms with Crippen LogP contribution in [-0.2, 0) is 14.8 Å². The molecule has 0 aliphatic heterocycles. The summed E-state index contributed by atoms with van der Waals surface area (Å²) in [5.74, 6) is 0.0670. The van der Waals surface area contributed by atoms with Crippen LogP contribution in [0.3, 0.4) is 0 Å². The minimum absolute atomic E-state index is 0.0273. The molecule has 0 saturated heterocycles. The van der Waals surface area contributed by atoms with Crippen LogP contribution in [0.15, 0.2) is 41.3 Å². The Bertz CT molecular complexity index is 1070. The van der Waals surface area contributed by atoms with Crippen molar-refractivity contribution in [2.45, 2.75) is 25.7 Å². The Morgan fingerprint density at radius 3 is 2.32 bits per heavy atom. The van der Waals surface area contributed by atoms with E-state index in [-0.39, 0.29) is 22.9 Å². The van der Waals surface area contributed by atoms with Crippen molar-refractivity contribution >= 4 is 27.3 Å². The third kappa shape index (κ3) is 5.70. The number of carbonyl (C=O) groups is 1. The van der Waals surface area contributed by atoms with E-state index in [1.54, 1.807) is 20.8 Å². The molecule has 2 aromatic carbocycles. The molecule has 0 saturated carbocycles. The number of nitrogens with one attached hydrogen (secondary N) is 1. The number of rotatable bonds is 10. The second-order valence-corrected chi connectivity index (χ2v) is 8.43. The highest BCUT2D eigenvalue weighted by Crippen LogP contribution is 2.29. The van der Waals surface area contributed by atoms with E-state index in [2.05, 4.69) is 5.32 Å². The number of hydrogen-bond acceptors (Lipinski definition) is 7. The zero-order valence-corrected chi connectivity index (χ0v) is 18.6. The molecule has 0 fully saturated rings. The van der Waals surface area contributed by atoms with Gasteiger partial charge in [0.15, 0.2) is 6.61 Å². The molecule has 0 unspecified atom stereocenters. The number of benzene rings is 2. The lowest BCUT2D eigenvalue weighted by Gasteiger charge is -2.19. The van der Waals surface area contributed by atoms with Crippen LogP contribution in [0, 0.1) is 17.0 Å². The van der Waals surface area contributed by atoms with E-state index in [1.165, 1.54) is 47.8 Å². The molecule has 10 nitrogen and oxygen atoms in total. The van der Waals surface area contributed by atoms with Gasteiger partial charge in [-0.15, -0.1) is 0 Å². The fourth-order valence-corrected chi connectivity index (χ4v) is 4.38. The first-order valence-electron chi connectivity index (χ1n) is 9.49. The molecule has 0 spiro atoms. The first kappa shape index (κ1) is 24.1. The van der Waals surface area contributed by atoms with Gasteiger partial charge in [-0.2, -0.15) is 4.31 Å². The van der Waals surface area contributed by atoms with Crippen molar-refractivity contribution in [3.63, 3.8) is 0 Å². The van der Waals surface area contributed by atoms with Gasteiger partial charge in [0.2, 0.25) is 10.0 Å². The van der Waals surface area contributed by atoms with E-state index in [0.29, 0.717) is 30.2 Å². The minimum Gasteiger partial charge on any atom is -0.495 e. The van der Waals surface area contributed by atoms with Crippen LogP contribution in [0.2, 0.25) is 0 Å². The quantitative estimate of drug-likeness (QED) is 0.434. The maximum Gasteiger partial charge on any atom is 0.269 e. The SMILES string of the molecule is CCN(CC)S(=O)(=O)c1ccc(OC)c(NC(=O)COc2ccc([N+](=O)[O-])cc2C)c1. The van der Waals surface area contributed by atoms with Crippen LogP contribution in [-0.4, -0.2) is 50.4 Å². The van der Waals surface area contributed by atoms with E-state index >= 15 is 0 Å². The summed E-state index contributed by atoms with van der Waals surface area (Å²) in [4.78, 5) is 22.7. The Hall–Kier alpha value is -3.18. The molecular weight excluding hydrogens is 426 g/mol. The fourth-order valence-electron chi connectivity index (χ4n) is 2.90. The maximum absolute atomic E-state index is 12.8. The van der Waals surface area contributed by atoms with Gasteiger partial charge in [-0.1, -0.05) is 13.8 Å². The predicted molar refractivity (Wildman–Crippen MR) is 115 cm³/mol. The Kier molecular flexibility index (Phi) is 7.95. The highest BCUT2D eigenvalue weighted by Gasteiger charge is 2.23. The number of nitro benzene ring substituents is 1. The molecule has 0 radical (unpaired) electrons. The average Bonchev–Trinajstić information content (AvgIpc) is 2.73. The number of aryl methyl sites for hydroxylation is 1. The summed E-state index contributed by atoms with van der Waals surface area (Å²) in [6.45, 7) is 5.36. The zero-order valence-electron chi connectivity index (χ0n) is 17.7. The Labute approximate surface area is 181 Å². The lowest BCUT2D eigenvalue weighted by atomic mass is 10.2. The van der Waals surface area contributed by atoms with Crippen LogP contribution in [0.25, 0.3) is 0 Å². The largest absolute Gasteiger partial charge is 0.495 e. The van der Waals surface area contributed by atoms with E-state index in [4.69, 9.17) is 9.47 Å². The number of non-ortho nitro benzene ring substituents is 1. The van der Waals surface area contributed by atoms with Crippen molar-refractivity contribution in [2.75, 3.05) is 32.1 Å². The molecular formula is C20H25N3O7S. The lowest BCUT2D eigenvalue weighted by Crippen LogP contribution is -2.30. The van der Waals surface area contributed by atoms with Gasteiger partial charge in [-0.25, -0.2) is 8.42 Å². The summed E-state index contributed by atoms with van der Waals surface area (Å²) < 4.78 is 37.5. The summed E-state index contributed by atoms with van der Waals surface area (Å²) in [6, 6.07) is 8.26. The molecule has 2 rings (SSSR count). The van der Waals surface area contributed by atoms with E-state index < -0.39 is 20.9 Å². The molecule has 1 N–H and O–H groups in total. The fraction of sp³-hybridized carbons (Fsp3) is 0.350. The summed E-state index contributed by atoms with van der Waals surface area (Å²) in [5.41, 5.74) is 0.613. The Balaban J connectivity index is 2.18. The second-order valence-electron chi connectivity index (χ2n) is 6.50. The lowest BCUT2D eigenvalue weighted by molar-refractivity contribution is -0.384. The normalized spacial score (nSPS) is 11.3. The van der Waals surface area contributed by atoms with Crippen molar-refractivity contribution in [3.05, 3.63) is 52.1 Å². The number of hydrogen-bond donors (Lipinski definition) is 1. The van der Waals surface area contributed by atoms with E-state index in [1.807, 2.05) is 0 Å². The summed E-state index contributed by atoms with van der Waals surface area (Å²) in [7, 11) is -2.31. The van der Waals surface area contributed by atoms with Crippen LogP contribution >= 0.6 is 0 Å². The van der Waals surface area contributed by atoms with Gasteiger partial charge in [-0.3, -0.25) is 14.9 Å². The van der Waals surface area contributed by atoms with Crippen molar-refractivity contribution in [3.8, 4) is 11.5 Å². The topological polar surface area (TPSA) is 128 Å². The van der Waals surface area contributed by atoms with Gasteiger partial charge in [0.05, 0.1) is 22.6 Å². The van der Waals surface area contributed by atoms with E-state index in [0.717, 1.165) is 0 Å². The Morgan fingerprint density at radius 2 is 1.77 bits per heavy atom. The number of carbonyl (C=O) groups excluding carboxylic acids is 1.